The van der Waals surface area contributed by atoms with Crippen molar-refractivity contribution in [3.05, 3.63) is 35.6 Å². The van der Waals surface area contributed by atoms with E-state index in [4.69, 9.17) is 4.74 Å². The molecular weight excluding hydrogens is 247 g/mol. The van der Waals surface area contributed by atoms with E-state index in [1.54, 1.807) is 18.2 Å². The molecule has 0 saturated carbocycles. The van der Waals surface area contributed by atoms with Crippen molar-refractivity contribution in [3.63, 3.8) is 0 Å². The van der Waals surface area contributed by atoms with Gasteiger partial charge in [-0.25, -0.2) is 4.39 Å². The van der Waals surface area contributed by atoms with Crippen molar-refractivity contribution in [1.29, 1.82) is 0 Å². The maximum Gasteiger partial charge on any atom is 0.246 e. The molecule has 1 fully saturated rings. The van der Waals surface area contributed by atoms with Gasteiger partial charge in [0.1, 0.15) is 12.4 Å². The zero-order chi connectivity index (χ0) is 13.7. The number of hydrogen-bond donors (Lipinski definition) is 2. The Hall–Kier alpha value is -1.46. The van der Waals surface area contributed by atoms with E-state index < -0.39 is 0 Å². The predicted molar refractivity (Wildman–Crippen MR) is 70.3 cm³/mol. The fraction of sp³-hybridized carbons (Fsp3) is 0.500. The quantitative estimate of drug-likeness (QED) is 0.803. The highest BCUT2D eigenvalue weighted by molar-refractivity contribution is 5.77. The van der Waals surface area contributed by atoms with Crippen LogP contribution in [0.5, 0.6) is 0 Å². The molecule has 1 saturated heterocycles. The average Bonchev–Trinajstić information content (AvgIpc) is 2.36. The maximum absolute atomic E-state index is 13.3. The van der Waals surface area contributed by atoms with E-state index in [0.29, 0.717) is 18.5 Å². The van der Waals surface area contributed by atoms with Crippen LogP contribution in [0.15, 0.2) is 24.3 Å². The summed E-state index contributed by atoms with van der Waals surface area (Å²) in [6, 6.07) is 6.58. The Balaban J connectivity index is 1.65. The molecule has 1 amide bonds. The summed E-state index contributed by atoms with van der Waals surface area (Å²) in [5.41, 5.74) is 0.391. The number of ether oxygens (including phenoxy) is 1. The Labute approximate surface area is 112 Å². The molecule has 0 spiro atoms. The van der Waals surface area contributed by atoms with Gasteiger partial charge in [-0.2, -0.15) is 0 Å². The molecule has 0 atom stereocenters. The van der Waals surface area contributed by atoms with Crippen LogP contribution in [0.2, 0.25) is 0 Å². The summed E-state index contributed by atoms with van der Waals surface area (Å²) in [6.07, 6.45) is 0.483. The van der Waals surface area contributed by atoms with E-state index in [9.17, 15) is 9.18 Å². The molecular formula is C14H19FN2O2. The molecule has 1 aliphatic rings. The molecule has 0 bridgehead atoms. The number of benzene rings is 1. The van der Waals surface area contributed by atoms with Crippen molar-refractivity contribution in [3.8, 4) is 0 Å². The van der Waals surface area contributed by atoms with E-state index >= 15 is 0 Å². The number of halogens is 1. The standard InChI is InChI=1S/C14H19FN2O2/c1-14(9-16-10-14)19-8-13(18)17-7-6-11-4-2-3-5-12(11)15/h2-5,16H,6-10H2,1H3,(H,17,18). The summed E-state index contributed by atoms with van der Waals surface area (Å²) in [5, 5.41) is 5.83. The molecule has 2 rings (SSSR count). The van der Waals surface area contributed by atoms with Crippen molar-refractivity contribution in [2.75, 3.05) is 26.2 Å². The minimum atomic E-state index is -0.235. The third kappa shape index (κ3) is 4.01. The Morgan fingerprint density at radius 2 is 2.21 bits per heavy atom. The lowest BCUT2D eigenvalue weighted by molar-refractivity contribution is -0.135. The number of amides is 1. The van der Waals surface area contributed by atoms with Crippen molar-refractivity contribution >= 4 is 5.91 Å². The summed E-state index contributed by atoms with van der Waals surface area (Å²) >= 11 is 0. The number of nitrogens with one attached hydrogen (secondary N) is 2. The van der Waals surface area contributed by atoms with Gasteiger partial charge in [-0.1, -0.05) is 18.2 Å². The Kier molecular flexibility index (Phi) is 4.50. The first-order valence-electron chi connectivity index (χ1n) is 6.44. The van der Waals surface area contributed by atoms with Gasteiger partial charge in [-0.15, -0.1) is 0 Å². The minimum Gasteiger partial charge on any atom is -0.363 e. The first kappa shape index (κ1) is 14.0. The van der Waals surface area contributed by atoms with Crippen LogP contribution in [0, 0.1) is 5.82 Å². The van der Waals surface area contributed by atoms with Crippen LogP contribution >= 0.6 is 0 Å². The van der Waals surface area contributed by atoms with E-state index in [2.05, 4.69) is 10.6 Å². The molecule has 1 heterocycles. The number of rotatable bonds is 6. The average molecular weight is 266 g/mol. The van der Waals surface area contributed by atoms with Gasteiger partial charge in [-0.3, -0.25) is 4.79 Å². The van der Waals surface area contributed by atoms with E-state index in [1.807, 2.05) is 6.92 Å². The first-order valence-corrected chi connectivity index (χ1v) is 6.44. The Morgan fingerprint density at radius 3 is 2.84 bits per heavy atom. The van der Waals surface area contributed by atoms with Crippen molar-refractivity contribution < 1.29 is 13.9 Å². The lowest BCUT2D eigenvalue weighted by atomic mass is 10.0. The summed E-state index contributed by atoms with van der Waals surface area (Å²) in [4.78, 5) is 11.6. The fourth-order valence-electron chi connectivity index (χ4n) is 1.91. The van der Waals surface area contributed by atoms with Crippen LogP contribution in [0.4, 0.5) is 4.39 Å². The van der Waals surface area contributed by atoms with Crippen LogP contribution in [0.3, 0.4) is 0 Å². The lowest BCUT2D eigenvalue weighted by Crippen LogP contribution is -2.59. The summed E-state index contributed by atoms with van der Waals surface area (Å²) in [6.45, 7) is 3.98. The van der Waals surface area contributed by atoms with Gasteiger partial charge >= 0.3 is 0 Å². The molecule has 0 radical (unpaired) electrons. The highest BCUT2D eigenvalue weighted by atomic mass is 19.1. The number of hydrogen-bond acceptors (Lipinski definition) is 3. The smallest absolute Gasteiger partial charge is 0.246 e. The van der Waals surface area contributed by atoms with Crippen molar-refractivity contribution in [2.24, 2.45) is 0 Å². The van der Waals surface area contributed by atoms with Crippen molar-refractivity contribution in [2.45, 2.75) is 18.9 Å². The SMILES string of the molecule is CC1(OCC(=O)NCCc2ccccc2F)CNC1. The van der Waals surface area contributed by atoms with Gasteiger partial charge in [0.2, 0.25) is 5.91 Å². The third-order valence-corrected chi connectivity index (χ3v) is 3.22. The van der Waals surface area contributed by atoms with Gasteiger partial charge in [0.25, 0.3) is 0 Å². The maximum atomic E-state index is 13.3. The molecule has 4 nitrogen and oxygen atoms in total. The molecule has 0 aliphatic carbocycles. The van der Waals surface area contributed by atoms with Gasteiger partial charge in [0.15, 0.2) is 0 Å². The summed E-state index contributed by atoms with van der Waals surface area (Å²) in [7, 11) is 0. The molecule has 2 N–H and O–H groups in total. The van der Waals surface area contributed by atoms with Gasteiger partial charge in [0, 0.05) is 19.6 Å². The molecule has 5 heteroatoms. The molecule has 1 aromatic carbocycles. The molecule has 104 valence electrons. The Bertz CT molecular complexity index is 447. The highest BCUT2D eigenvalue weighted by Gasteiger charge is 2.32. The van der Waals surface area contributed by atoms with E-state index in [-0.39, 0.29) is 23.9 Å². The van der Waals surface area contributed by atoms with Crippen LogP contribution in [-0.4, -0.2) is 37.7 Å². The van der Waals surface area contributed by atoms with E-state index in [1.165, 1.54) is 6.07 Å². The monoisotopic (exact) mass is 266 g/mol. The Morgan fingerprint density at radius 1 is 1.47 bits per heavy atom. The van der Waals surface area contributed by atoms with Gasteiger partial charge < -0.3 is 15.4 Å². The van der Waals surface area contributed by atoms with Crippen molar-refractivity contribution in [1.82, 2.24) is 10.6 Å². The largest absolute Gasteiger partial charge is 0.363 e. The lowest BCUT2D eigenvalue weighted by Gasteiger charge is -2.38. The molecule has 1 aliphatic heterocycles. The zero-order valence-corrected chi connectivity index (χ0v) is 11.0. The molecule has 19 heavy (non-hydrogen) atoms. The number of carbonyl (C=O) groups is 1. The molecule has 0 unspecified atom stereocenters. The normalized spacial score (nSPS) is 16.7. The second-order valence-corrected chi connectivity index (χ2v) is 5.03. The van der Waals surface area contributed by atoms with Crippen LogP contribution in [0.25, 0.3) is 0 Å². The first-order chi connectivity index (χ1) is 9.09. The second-order valence-electron chi connectivity index (χ2n) is 5.03. The second kappa shape index (κ2) is 6.12. The number of carbonyl (C=O) groups excluding carboxylic acids is 1. The zero-order valence-electron chi connectivity index (χ0n) is 11.0. The fourth-order valence-corrected chi connectivity index (χ4v) is 1.91. The van der Waals surface area contributed by atoms with E-state index in [0.717, 1.165) is 13.1 Å². The third-order valence-electron chi connectivity index (χ3n) is 3.22. The summed E-state index contributed by atoms with van der Waals surface area (Å²) in [5.74, 6) is -0.398. The summed E-state index contributed by atoms with van der Waals surface area (Å²) < 4.78 is 18.8. The highest BCUT2D eigenvalue weighted by Crippen LogP contribution is 2.14. The molecule has 0 aromatic heterocycles. The van der Waals surface area contributed by atoms with Crippen LogP contribution in [-0.2, 0) is 16.0 Å². The van der Waals surface area contributed by atoms with Crippen LogP contribution < -0.4 is 10.6 Å². The topological polar surface area (TPSA) is 50.4 Å². The minimum absolute atomic E-state index is 0.0510. The predicted octanol–water partition coefficient (Wildman–Crippen LogP) is 0.863. The molecule has 1 aromatic rings. The van der Waals surface area contributed by atoms with Gasteiger partial charge in [0.05, 0.1) is 5.60 Å². The van der Waals surface area contributed by atoms with Gasteiger partial charge in [-0.05, 0) is 25.0 Å². The van der Waals surface area contributed by atoms with Crippen LogP contribution in [0.1, 0.15) is 12.5 Å².